The minimum atomic E-state index is -0.601. The van der Waals surface area contributed by atoms with E-state index in [1.807, 2.05) is 13.0 Å². The van der Waals surface area contributed by atoms with E-state index in [-0.39, 0.29) is 12.2 Å². The number of hydrogen-bond acceptors (Lipinski definition) is 7. The van der Waals surface area contributed by atoms with Gasteiger partial charge >= 0.3 is 5.63 Å². The number of hydrogen-bond donors (Lipinski definition) is 0. The molecule has 0 spiro atoms. The van der Waals surface area contributed by atoms with Crippen molar-refractivity contribution in [1.29, 1.82) is 0 Å². The molecule has 33 heavy (non-hydrogen) atoms. The molecule has 0 aliphatic carbocycles. The molecule has 3 aromatic rings. The smallest absolute Gasteiger partial charge is 0.336 e. The second-order valence-corrected chi connectivity index (χ2v) is 8.12. The average molecular weight is 453 g/mol. The van der Waals surface area contributed by atoms with Crippen LogP contribution in [0.1, 0.15) is 59.3 Å². The largest absolute Gasteiger partial charge is 0.493 e. The molecular formula is C26H28O7. The van der Waals surface area contributed by atoms with Crippen LogP contribution in [0.2, 0.25) is 0 Å². The Morgan fingerprint density at radius 1 is 1.03 bits per heavy atom. The Hall–Kier alpha value is -3.48. The number of methoxy groups -OCH3 is 3. The van der Waals surface area contributed by atoms with E-state index < -0.39 is 11.7 Å². The summed E-state index contributed by atoms with van der Waals surface area (Å²) in [6.07, 6.45) is 2.11. The van der Waals surface area contributed by atoms with Crippen molar-refractivity contribution in [2.24, 2.45) is 0 Å². The molecule has 4 rings (SSSR count). The van der Waals surface area contributed by atoms with Crippen LogP contribution in [0.4, 0.5) is 0 Å². The molecule has 0 amide bonds. The first-order valence-electron chi connectivity index (χ1n) is 11.0. The molecule has 7 heteroatoms. The standard InChI is InChI=1S/C26H28O7/c1-6-7-8-15-12-21(28)32-20-11-14(2)22-17(27)13-19(33-26(22)23(15)20)16-9-10-18(29-3)25(31-5)24(16)30-4/h9-12,19H,6-8,13H2,1-5H3/t19-/m0/s1. The predicted octanol–water partition coefficient (Wildman–Crippen LogP) is 5.18. The summed E-state index contributed by atoms with van der Waals surface area (Å²) in [5, 5.41) is 0.682. The summed E-state index contributed by atoms with van der Waals surface area (Å²) in [7, 11) is 4.62. The van der Waals surface area contributed by atoms with E-state index in [2.05, 4.69) is 6.92 Å². The normalized spacial score (nSPS) is 15.2. The topological polar surface area (TPSA) is 84.2 Å². The van der Waals surface area contributed by atoms with Gasteiger partial charge in [-0.05, 0) is 49.1 Å². The summed E-state index contributed by atoms with van der Waals surface area (Å²) in [6, 6.07) is 6.84. The summed E-state index contributed by atoms with van der Waals surface area (Å²) in [5.41, 5.74) is 2.77. The number of ketones is 1. The van der Waals surface area contributed by atoms with Crippen LogP contribution in [0.25, 0.3) is 11.0 Å². The van der Waals surface area contributed by atoms with Gasteiger partial charge in [0.25, 0.3) is 0 Å². The van der Waals surface area contributed by atoms with Gasteiger partial charge in [-0.2, -0.15) is 0 Å². The average Bonchev–Trinajstić information content (AvgIpc) is 2.80. The third kappa shape index (κ3) is 3.92. The molecule has 0 radical (unpaired) electrons. The molecule has 0 bridgehead atoms. The van der Waals surface area contributed by atoms with Crippen LogP contribution in [-0.2, 0) is 6.42 Å². The summed E-state index contributed by atoms with van der Waals surface area (Å²) >= 11 is 0. The van der Waals surface area contributed by atoms with Gasteiger partial charge in [0.15, 0.2) is 17.3 Å². The molecule has 0 N–H and O–H groups in total. The molecule has 0 saturated heterocycles. The Balaban J connectivity index is 1.92. The first-order chi connectivity index (χ1) is 15.9. The fraction of sp³-hybridized carbons (Fsp3) is 0.385. The van der Waals surface area contributed by atoms with Gasteiger partial charge in [0.1, 0.15) is 17.4 Å². The number of aryl methyl sites for hydroxylation is 2. The fourth-order valence-corrected chi connectivity index (χ4v) is 4.53. The van der Waals surface area contributed by atoms with Crippen molar-refractivity contribution >= 4 is 16.8 Å². The van der Waals surface area contributed by atoms with E-state index >= 15 is 0 Å². The third-order valence-electron chi connectivity index (χ3n) is 6.06. The molecule has 174 valence electrons. The number of rotatable bonds is 7. The van der Waals surface area contributed by atoms with Gasteiger partial charge in [-0.1, -0.05) is 13.3 Å². The summed E-state index contributed by atoms with van der Waals surface area (Å²) in [5.74, 6) is 1.82. The SMILES string of the molecule is CCCCc1cc(=O)oc2cc(C)c3c(c12)O[C@H](c1ccc(OC)c(OC)c1OC)CC3=O. The molecule has 1 atom stereocenters. The number of carbonyl (C=O) groups is 1. The number of fused-ring (bicyclic) bond motifs is 3. The zero-order valence-electron chi connectivity index (χ0n) is 19.6. The number of carbonyl (C=O) groups excluding carboxylic acids is 1. The molecular weight excluding hydrogens is 424 g/mol. The molecule has 7 nitrogen and oxygen atoms in total. The van der Waals surface area contributed by atoms with E-state index in [1.54, 1.807) is 19.2 Å². The zero-order chi connectivity index (χ0) is 23.7. The van der Waals surface area contributed by atoms with E-state index in [9.17, 15) is 9.59 Å². The van der Waals surface area contributed by atoms with Gasteiger partial charge in [0.05, 0.1) is 38.7 Å². The molecule has 0 unspecified atom stereocenters. The highest BCUT2D eigenvalue weighted by Crippen LogP contribution is 2.48. The highest BCUT2D eigenvalue weighted by atomic mass is 16.5. The third-order valence-corrected chi connectivity index (χ3v) is 6.06. The lowest BCUT2D eigenvalue weighted by Crippen LogP contribution is -2.23. The maximum atomic E-state index is 13.3. The molecule has 2 aromatic carbocycles. The van der Waals surface area contributed by atoms with Gasteiger partial charge in [-0.3, -0.25) is 4.79 Å². The van der Waals surface area contributed by atoms with Gasteiger partial charge in [0.2, 0.25) is 5.75 Å². The number of unbranched alkanes of at least 4 members (excludes halogenated alkanes) is 1. The minimum absolute atomic E-state index is 0.0369. The second kappa shape index (κ2) is 9.17. The lowest BCUT2D eigenvalue weighted by atomic mass is 9.90. The van der Waals surface area contributed by atoms with E-state index in [0.717, 1.165) is 24.0 Å². The molecule has 1 aliphatic heterocycles. The number of ether oxygens (including phenoxy) is 4. The van der Waals surface area contributed by atoms with E-state index in [1.165, 1.54) is 20.3 Å². The molecule has 0 saturated carbocycles. The Morgan fingerprint density at radius 2 is 1.79 bits per heavy atom. The first kappa shape index (κ1) is 22.7. The van der Waals surface area contributed by atoms with Crippen molar-refractivity contribution in [2.75, 3.05) is 21.3 Å². The highest BCUT2D eigenvalue weighted by molar-refractivity contribution is 6.07. The Bertz CT molecular complexity index is 1270. The molecule has 1 aliphatic rings. The van der Waals surface area contributed by atoms with Gasteiger partial charge < -0.3 is 23.4 Å². The summed E-state index contributed by atoms with van der Waals surface area (Å²) < 4.78 is 28.5. The van der Waals surface area contributed by atoms with Crippen LogP contribution in [0.5, 0.6) is 23.0 Å². The van der Waals surface area contributed by atoms with Crippen LogP contribution in [0.3, 0.4) is 0 Å². The lowest BCUT2D eigenvalue weighted by Gasteiger charge is -2.29. The Labute approximate surface area is 192 Å². The van der Waals surface area contributed by atoms with Crippen molar-refractivity contribution in [2.45, 2.75) is 45.6 Å². The molecule has 2 heterocycles. The molecule has 0 fully saturated rings. The van der Waals surface area contributed by atoms with Crippen molar-refractivity contribution < 1.29 is 28.2 Å². The Kier molecular flexibility index (Phi) is 6.31. The van der Waals surface area contributed by atoms with Gasteiger partial charge in [0, 0.05) is 11.6 Å². The monoisotopic (exact) mass is 452 g/mol. The summed E-state index contributed by atoms with van der Waals surface area (Å²) in [6.45, 7) is 3.92. The van der Waals surface area contributed by atoms with Crippen molar-refractivity contribution in [1.82, 2.24) is 0 Å². The maximum Gasteiger partial charge on any atom is 0.336 e. The second-order valence-electron chi connectivity index (χ2n) is 8.12. The Morgan fingerprint density at radius 3 is 2.45 bits per heavy atom. The van der Waals surface area contributed by atoms with E-state index in [4.69, 9.17) is 23.4 Å². The van der Waals surface area contributed by atoms with Crippen LogP contribution in [0.15, 0.2) is 33.5 Å². The number of benzene rings is 2. The van der Waals surface area contributed by atoms with E-state index in [0.29, 0.717) is 51.5 Å². The van der Waals surface area contributed by atoms with Crippen molar-refractivity contribution in [3.8, 4) is 23.0 Å². The fourth-order valence-electron chi connectivity index (χ4n) is 4.53. The zero-order valence-corrected chi connectivity index (χ0v) is 19.6. The van der Waals surface area contributed by atoms with Crippen LogP contribution in [-0.4, -0.2) is 27.1 Å². The quantitative estimate of drug-likeness (QED) is 0.457. The highest BCUT2D eigenvalue weighted by Gasteiger charge is 2.34. The lowest BCUT2D eigenvalue weighted by molar-refractivity contribution is 0.0848. The first-order valence-corrected chi connectivity index (χ1v) is 11.0. The van der Waals surface area contributed by atoms with Crippen LogP contribution >= 0.6 is 0 Å². The van der Waals surface area contributed by atoms with Crippen LogP contribution < -0.4 is 24.6 Å². The summed E-state index contributed by atoms with van der Waals surface area (Å²) in [4.78, 5) is 25.5. The van der Waals surface area contributed by atoms with Gasteiger partial charge in [-0.25, -0.2) is 4.79 Å². The maximum absolute atomic E-state index is 13.3. The predicted molar refractivity (Wildman–Crippen MR) is 124 cm³/mol. The van der Waals surface area contributed by atoms with Crippen LogP contribution in [0, 0.1) is 6.92 Å². The van der Waals surface area contributed by atoms with Crippen molar-refractivity contribution in [3.05, 3.63) is 56.9 Å². The van der Waals surface area contributed by atoms with Gasteiger partial charge in [-0.15, -0.1) is 0 Å². The number of Topliss-reactive ketones (excluding diaryl/α,β-unsaturated/α-hetero) is 1. The van der Waals surface area contributed by atoms with Crippen molar-refractivity contribution in [3.63, 3.8) is 0 Å². The minimum Gasteiger partial charge on any atom is -0.493 e. The molecule has 1 aromatic heterocycles.